The third kappa shape index (κ3) is 4.98. The number of hydrogen-bond acceptors (Lipinski definition) is 5. The second-order valence-corrected chi connectivity index (χ2v) is 8.51. The van der Waals surface area contributed by atoms with E-state index in [0.717, 1.165) is 5.69 Å². The maximum Gasteiger partial charge on any atom is 0.490 e. The largest absolute Gasteiger partial charge is 0.490 e. The number of nitrogens with zero attached hydrogens (tertiary/aromatic N) is 3. The zero-order valence-electron chi connectivity index (χ0n) is 15.2. The minimum atomic E-state index is -5.08. The van der Waals surface area contributed by atoms with Crippen LogP contribution >= 0.6 is 0 Å². The Kier molecular flexibility index (Phi) is 6.34. The Hall–Kier alpha value is -2.21. The van der Waals surface area contributed by atoms with Gasteiger partial charge < -0.3 is 10.0 Å². The number of rotatable bonds is 2. The first-order valence-corrected chi connectivity index (χ1v) is 10.2. The van der Waals surface area contributed by atoms with E-state index in [1.165, 1.54) is 6.26 Å². The van der Waals surface area contributed by atoms with Gasteiger partial charge in [0.2, 0.25) is 10.0 Å². The summed E-state index contributed by atoms with van der Waals surface area (Å²) in [5.41, 5.74) is 1.44. The van der Waals surface area contributed by atoms with Crippen molar-refractivity contribution < 1.29 is 36.3 Å². The fourth-order valence-corrected chi connectivity index (χ4v) is 4.55. The predicted molar refractivity (Wildman–Crippen MR) is 92.1 cm³/mol. The lowest BCUT2D eigenvalue weighted by Gasteiger charge is -2.24. The molecule has 2 fully saturated rings. The molecule has 2 aliphatic heterocycles. The van der Waals surface area contributed by atoms with Crippen molar-refractivity contribution in [1.29, 1.82) is 0 Å². The molecule has 2 aliphatic rings. The van der Waals surface area contributed by atoms with E-state index < -0.39 is 22.2 Å². The number of sulfonamides is 1. The van der Waals surface area contributed by atoms with E-state index in [0.29, 0.717) is 31.5 Å². The summed E-state index contributed by atoms with van der Waals surface area (Å²) in [4.78, 5) is 27.4. The van der Waals surface area contributed by atoms with Crippen LogP contribution in [0.3, 0.4) is 0 Å². The van der Waals surface area contributed by atoms with Crippen LogP contribution in [0.15, 0.2) is 18.3 Å². The van der Waals surface area contributed by atoms with Crippen molar-refractivity contribution in [3.05, 3.63) is 29.6 Å². The zero-order chi connectivity index (χ0) is 21.3. The number of fused-ring (bicyclic) bond motifs is 1. The summed E-state index contributed by atoms with van der Waals surface area (Å²) in [7, 11) is -3.19. The molecule has 1 amide bonds. The second-order valence-electron chi connectivity index (χ2n) is 6.58. The number of aliphatic carboxylic acids is 1. The number of alkyl halides is 3. The molecular formula is C16H20F3N3O5S. The van der Waals surface area contributed by atoms with Gasteiger partial charge in [0.05, 0.1) is 11.8 Å². The predicted octanol–water partition coefficient (Wildman–Crippen LogP) is 1.27. The highest BCUT2D eigenvalue weighted by Crippen LogP contribution is 2.33. The summed E-state index contributed by atoms with van der Waals surface area (Å²) < 4.78 is 56.8. The third-order valence-electron chi connectivity index (χ3n) is 4.61. The molecule has 2 atom stereocenters. The summed E-state index contributed by atoms with van der Waals surface area (Å²) in [5, 5.41) is 7.12. The van der Waals surface area contributed by atoms with Crippen LogP contribution in [0.4, 0.5) is 13.2 Å². The van der Waals surface area contributed by atoms with E-state index >= 15 is 0 Å². The normalized spacial score (nSPS) is 22.4. The maximum atomic E-state index is 12.6. The number of carbonyl (C=O) groups is 2. The highest BCUT2D eigenvalue weighted by molar-refractivity contribution is 7.88. The topological polar surface area (TPSA) is 108 Å². The Morgan fingerprint density at radius 3 is 2.21 bits per heavy atom. The molecule has 3 rings (SSSR count). The molecule has 0 saturated carbocycles. The van der Waals surface area contributed by atoms with Crippen LogP contribution in [0.5, 0.6) is 0 Å². The molecule has 0 radical (unpaired) electrons. The number of aryl methyl sites for hydroxylation is 1. The molecule has 12 heteroatoms. The van der Waals surface area contributed by atoms with Gasteiger partial charge in [-0.05, 0) is 31.9 Å². The van der Waals surface area contributed by atoms with Crippen LogP contribution in [-0.2, 0) is 14.8 Å². The molecule has 2 saturated heterocycles. The lowest BCUT2D eigenvalue weighted by molar-refractivity contribution is -0.192. The molecule has 156 valence electrons. The highest BCUT2D eigenvalue weighted by atomic mass is 32.2. The number of halogens is 3. The number of carboxylic acids is 1. The fraction of sp³-hybridized carbons (Fsp3) is 0.562. The van der Waals surface area contributed by atoms with Crippen molar-refractivity contribution in [2.24, 2.45) is 0 Å². The van der Waals surface area contributed by atoms with Crippen molar-refractivity contribution in [3.63, 3.8) is 0 Å². The number of carbonyl (C=O) groups excluding carboxylic acids is 1. The SMILES string of the molecule is Cc1ccc(C(=O)N2CC[C@H]3[C@H]2CCN3S(C)(=O)=O)cn1.O=C(O)C(F)(F)F. The highest BCUT2D eigenvalue weighted by Gasteiger charge is 2.47. The molecular weight excluding hydrogens is 403 g/mol. The van der Waals surface area contributed by atoms with Gasteiger partial charge >= 0.3 is 12.1 Å². The first-order chi connectivity index (χ1) is 12.8. The molecule has 1 aromatic rings. The number of hydrogen-bond donors (Lipinski definition) is 1. The van der Waals surface area contributed by atoms with E-state index in [1.54, 1.807) is 16.6 Å². The number of pyridine rings is 1. The van der Waals surface area contributed by atoms with E-state index in [4.69, 9.17) is 9.90 Å². The van der Waals surface area contributed by atoms with Gasteiger partial charge in [0, 0.05) is 37.1 Å². The zero-order valence-corrected chi connectivity index (χ0v) is 16.0. The van der Waals surface area contributed by atoms with Crippen molar-refractivity contribution in [3.8, 4) is 0 Å². The molecule has 0 aromatic carbocycles. The summed E-state index contributed by atoms with van der Waals surface area (Å²) in [6, 6.07) is 3.52. The molecule has 0 spiro atoms. The molecule has 3 heterocycles. The first kappa shape index (κ1) is 22.1. The number of carboxylic acid groups (broad SMARTS) is 1. The average molecular weight is 423 g/mol. The Balaban J connectivity index is 0.000000345. The first-order valence-electron chi connectivity index (χ1n) is 8.33. The van der Waals surface area contributed by atoms with Gasteiger partial charge in [-0.25, -0.2) is 13.2 Å². The standard InChI is InChI=1S/C14H19N3O3S.C2HF3O2/c1-10-3-4-11(9-15-10)14(18)16-7-5-13-12(16)6-8-17(13)21(2,19)20;3-2(4,5)1(6)7/h3-4,9,12-13H,5-8H2,1-2H3;(H,6,7)/t12-,13+;/m1./s1. The van der Waals surface area contributed by atoms with Crippen molar-refractivity contribution in [2.45, 2.75) is 38.0 Å². The van der Waals surface area contributed by atoms with Crippen LogP contribution < -0.4 is 0 Å². The van der Waals surface area contributed by atoms with Crippen molar-refractivity contribution >= 4 is 21.9 Å². The van der Waals surface area contributed by atoms with E-state index in [2.05, 4.69) is 4.98 Å². The van der Waals surface area contributed by atoms with Gasteiger partial charge in [0.15, 0.2) is 0 Å². The quantitative estimate of drug-likeness (QED) is 0.768. The Bertz CT molecular complexity index is 842. The Morgan fingerprint density at radius 1 is 1.18 bits per heavy atom. The minimum Gasteiger partial charge on any atom is -0.475 e. The van der Waals surface area contributed by atoms with E-state index in [-0.39, 0.29) is 18.0 Å². The molecule has 28 heavy (non-hydrogen) atoms. The van der Waals surface area contributed by atoms with Crippen LogP contribution in [-0.4, -0.2) is 77.2 Å². The number of aromatic nitrogens is 1. The van der Waals surface area contributed by atoms with E-state index in [1.807, 2.05) is 17.9 Å². The second kappa shape index (κ2) is 8.03. The van der Waals surface area contributed by atoms with Gasteiger partial charge in [0.25, 0.3) is 5.91 Å². The summed E-state index contributed by atoms with van der Waals surface area (Å²) in [6.45, 7) is 2.99. The molecule has 1 aromatic heterocycles. The van der Waals surface area contributed by atoms with Crippen LogP contribution in [0.25, 0.3) is 0 Å². The van der Waals surface area contributed by atoms with Crippen LogP contribution in [0, 0.1) is 6.92 Å². The summed E-state index contributed by atoms with van der Waals surface area (Å²) >= 11 is 0. The molecule has 0 aliphatic carbocycles. The molecule has 8 nitrogen and oxygen atoms in total. The van der Waals surface area contributed by atoms with Crippen molar-refractivity contribution in [1.82, 2.24) is 14.2 Å². The molecule has 1 N–H and O–H groups in total. The van der Waals surface area contributed by atoms with Gasteiger partial charge in [-0.15, -0.1) is 0 Å². The van der Waals surface area contributed by atoms with Gasteiger partial charge in [-0.1, -0.05) is 0 Å². The van der Waals surface area contributed by atoms with Gasteiger partial charge in [-0.2, -0.15) is 17.5 Å². The Labute approximate surface area is 160 Å². The smallest absolute Gasteiger partial charge is 0.475 e. The van der Waals surface area contributed by atoms with Crippen molar-refractivity contribution in [2.75, 3.05) is 19.3 Å². The maximum absolute atomic E-state index is 12.6. The monoisotopic (exact) mass is 423 g/mol. The fourth-order valence-electron chi connectivity index (χ4n) is 3.37. The minimum absolute atomic E-state index is 0.00599. The number of likely N-dealkylation sites (tertiary alicyclic amines) is 1. The van der Waals surface area contributed by atoms with E-state index in [9.17, 15) is 26.4 Å². The Morgan fingerprint density at radius 2 is 1.75 bits per heavy atom. The molecule has 0 bridgehead atoms. The van der Waals surface area contributed by atoms with Crippen LogP contribution in [0.1, 0.15) is 28.9 Å². The third-order valence-corrected chi connectivity index (χ3v) is 5.92. The molecule has 0 unspecified atom stereocenters. The summed E-state index contributed by atoms with van der Waals surface area (Å²) in [6.07, 6.45) is -0.830. The van der Waals surface area contributed by atoms with Gasteiger partial charge in [0.1, 0.15) is 0 Å². The number of amides is 1. The van der Waals surface area contributed by atoms with Gasteiger partial charge in [-0.3, -0.25) is 9.78 Å². The average Bonchev–Trinajstić information content (AvgIpc) is 3.15. The lowest BCUT2D eigenvalue weighted by Crippen LogP contribution is -2.41. The summed E-state index contributed by atoms with van der Waals surface area (Å²) in [5.74, 6) is -2.81. The van der Waals surface area contributed by atoms with Crippen LogP contribution in [0.2, 0.25) is 0 Å². The lowest BCUT2D eigenvalue weighted by atomic mass is 10.1.